The third-order valence-electron chi connectivity index (χ3n) is 5.82. The highest BCUT2D eigenvalue weighted by atomic mass is 16.5. The van der Waals surface area contributed by atoms with Gasteiger partial charge in [-0.3, -0.25) is 14.4 Å². The Morgan fingerprint density at radius 1 is 1.04 bits per heavy atom. The summed E-state index contributed by atoms with van der Waals surface area (Å²) in [5.74, 6) is 0.560. The molecule has 0 N–H and O–H groups in total. The Labute approximate surface area is 165 Å². The van der Waals surface area contributed by atoms with Crippen LogP contribution in [0.15, 0.2) is 24.3 Å². The van der Waals surface area contributed by atoms with Crippen molar-refractivity contribution in [2.75, 3.05) is 39.3 Å². The Balaban J connectivity index is 1.22. The fourth-order valence-electron chi connectivity index (χ4n) is 3.94. The third-order valence-corrected chi connectivity index (χ3v) is 5.82. The van der Waals surface area contributed by atoms with Crippen LogP contribution in [-0.4, -0.2) is 77.8 Å². The number of hydrogen-bond donors (Lipinski definition) is 0. The molecule has 0 aromatic heterocycles. The van der Waals surface area contributed by atoms with E-state index in [-0.39, 0.29) is 30.2 Å². The van der Waals surface area contributed by atoms with Gasteiger partial charge in [0.05, 0.1) is 5.92 Å². The van der Waals surface area contributed by atoms with E-state index in [0.29, 0.717) is 50.9 Å². The zero-order valence-electron chi connectivity index (χ0n) is 16.3. The van der Waals surface area contributed by atoms with Gasteiger partial charge in [0.15, 0.2) is 6.61 Å². The second kappa shape index (κ2) is 7.81. The zero-order valence-corrected chi connectivity index (χ0v) is 16.3. The smallest absolute Gasteiger partial charge is 0.260 e. The molecule has 28 heavy (non-hydrogen) atoms. The average molecular weight is 385 g/mol. The van der Waals surface area contributed by atoms with Crippen LogP contribution in [0.25, 0.3) is 0 Å². The Kier molecular flexibility index (Phi) is 5.24. The molecular weight excluding hydrogens is 358 g/mol. The highest BCUT2D eigenvalue weighted by Gasteiger charge is 2.43. The maximum absolute atomic E-state index is 12.8. The van der Waals surface area contributed by atoms with Crippen LogP contribution >= 0.6 is 0 Å². The molecule has 3 amide bonds. The summed E-state index contributed by atoms with van der Waals surface area (Å²) >= 11 is 0. The van der Waals surface area contributed by atoms with Crippen molar-refractivity contribution < 1.29 is 19.1 Å². The van der Waals surface area contributed by atoms with Crippen molar-refractivity contribution in [3.05, 3.63) is 29.8 Å². The number of aryl methyl sites for hydroxylation is 1. The normalized spacial score (nSPS) is 22.5. The molecule has 2 saturated heterocycles. The van der Waals surface area contributed by atoms with E-state index in [1.165, 1.54) is 0 Å². The van der Waals surface area contributed by atoms with Crippen LogP contribution in [0.1, 0.15) is 24.8 Å². The first-order valence-corrected chi connectivity index (χ1v) is 10.1. The minimum Gasteiger partial charge on any atom is -0.484 e. The number of likely N-dealkylation sites (tertiary alicyclic amines) is 1. The van der Waals surface area contributed by atoms with Gasteiger partial charge in [-0.15, -0.1) is 0 Å². The maximum Gasteiger partial charge on any atom is 0.260 e. The summed E-state index contributed by atoms with van der Waals surface area (Å²) in [5.41, 5.74) is 1.14. The number of benzene rings is 1. The van der Waals surface area contributed by atoms with Gasteiger partial charge in [-0.05, 0) is 31.9 Å². The first kappa shape index (κ1) is 18.8. The van der Waals surface area contributed by atoms with Gasteiger partial charge in [0.1, 0.15) is 5.75 Å². The maximum atomic E-state index is 12.8. The SMILES string of the molecule is Cc1ccc(OCC(=O)N2CCN(C(=O)C3CC(=O)N(C4CC4)C3)CC2)cc1. The highest BCUT2D eigenvalue weighted by Crippen LogP contribution is 2.33. The summed E-state index contributed by atoms with van der Waals surface area (Å²) in [6, 6.07) is 7.97. The van der Waals surface area contributed by atoms with Crippen LogP contribution in [0.4, 0.5) is 0 Å². The topological polar surface area (TPSA) is 70.2 Å². The standard InChI is InChI=1S/C21H27N3O4/c1-15-2-6-18(7-3-15)28-14-20(26)22-8-10-23(11-9-22)21(27)16-12-19(25)24(13-16)17-4-5-17/h2-3,6-7,16-17H,4-5,8-14H2,1H3. The summed E-state index contributed by atoms with van der Waals surface area (Å²) < 4.78 is 5.57. The van der Waals surface area contributed by atoms with Gasteiger partial charge in [-0.1, -0.05) is 17.7 Å². The van der Waals surface area contributed by atoms with Gasteiger partial charge in [-0.2, -0.15) is 0 Å². The number of amides is 3. The summed E-state index contributed by atoms with van der Waals surface area (Å²) in [6.45, 7) is 4.62. The first-order chi connectivity index (χ1) is 13.5. The van der Waals surface area contributed by atoms with E-state index in [4.69, 9.17) is 4.74 Å². The molecule has 2 aliphatic heterocycles. The molecule has 7 heteroatoms. The lowest BCUT2D eigenvalue weighted by Crippen LogP contribution is -2.53. The van der Waals surface area contributed by atoms with Gasteiger partial charge in [0.2, 0.25) is 11.8 Å². The van der Waals surface area contributed by atoms with E-state index >= 15 is 0 Å². The lowest BCUT2D eigenvalue weighted by Gasteiger charge is -2.35. The molecule has 7 nitrogen and oxygen atoms in total. The molecule has 3 fully saturated rings. The molecule has 150 valence electrons. The molecule has 1 aliphatic carbocycles. The first-order valence-electron chi connectivity index (χ1n) is 10.1. The predicted octanol–water partition coefficient (Wildman–Crippen LogP) is 1.06. The molecule has 2 heterocycles. The van der Waals surface area contributed by atoms with Crippen molar-refractivity contribution in [1.82, 2.24) is 14.7 Å². The molecule has 1 unspecified atom stereocenters. The minimum atomic E-state index is -0.222. The largest absolute Gasteiger partial charge is 0.484 e. The summed E-state index contributed by atoms with van der Waals surface area (Å²) in [6.07, 6.45) is 2.47. The summed E-state index contributed by atoms with van der Waals surface area (Å²) in [4.78, 5) is 42.7. The molecular formula is C21H27N3O4. The molecule has 1 atom stereocenters. The van der Waals surface area contributed by atoms with Gasteiger partial charge in [0, 0.05) is 45.2 Å². The fourth-order valence-corrected chi connectivity index (χ4v) is 3.94. The number of piperazine rings is 1. The van der Waals surface area contributed by atoms with E-state index in [1.807, 2.05) is 36.1 Å². The van der Waals surface area contributed by atoms with Crippen LogP contribution in [-0.2, 0) is 14.4 Å². The van der Waals surface area contributed by atoms with Crippen molar-refractivity contribution in [2.24, 2.45) is 5.92 Å². The summed E-state index contributed by atoms with van der Waals surface area (Å²) in [5, 5.41) is 0. The van der Waals surface area contributed by atoms with Crippen LogP contribution in [0, 0.1) is 12.8 Å². The van der Waals surface area contributed by atoms with Crippen molar-refractivity contribution in [2.45, 2.75) is 32.2 Å². The number of hydrogen-bond acceptors (Lipinski definition) is 4. The van der Waals surface area contributed by atoms with E-state index < -0.39 is 0 Å². The van der Waals surface area contributed by atoms with Crippen molar-refractivity contribution in [3.8, 4) is 5.75 Å². The van der Waals surface area contributed by atoms with Crippen molar-refractivity contribution in [3.63, 3.8) is 0 Å². The second-order valence-electron chi connectivity index (χ2n) is 7.99. The molecule has 0 radical (unpaired) electrons. The molecule has 0 bridgehead atoms. The third kappa shape index (κ3) is 4.13. The Hall–Kier alpha value is -2.57. The zero-order chi connectivity index (χ0) is 19.7. The lowest BCUT2D eigenvalue weighted by molar-refractivity contribution is -0.142. The Morgan fingerprint density at radius 2 is 1.68 bits per heavy atom. The van der Waals surface area contributed by atoms with Crippen LogP contribution in [0.5, 0.6) is 5.75 Å². The molecule has 1 saturated carbocycles. The fraction of sp³-hybridized carbons (Fsp3) is 0.571. The molecule has 3 aliphatic rings. The Bertz CT molecular complexity index is 751. The quantitative estimate of drug-likeness (QED) is 0.760. The van der Waals surface area contributed by atoms with Gasteiger partial charge in [0.25, 0.3) is 5.91 Å². The average Bonchev–Trinajstić information content (AvgIpc) is 3.48. The number of carbonyl (C=O) groups excluding carboxylic acids is 3. The lowest BCUT2D eigenvalue weighted by atomic mass is 10.1. The number of rotatable bonds is 5. The second-order valence-corrected chi connectivity index (χ2v) is 7.99. The van der Waals surface area contributed by atoms with Gasteiger partial charge >= 0.3 is 0 Å². The van der Waals surface area contributed by atoms with E-state index in [2.05, 4.69) is 0 Å². The molecule has 0 spiro atoms. The predicted molar refractivity (Wildman–Crippen MR) is 103 cm³/mol. The number of ether oxygens (including phenoxy) is 1. The van der Waals surface area contributed by atoms with Crippen molar-refractivity contribution >= 4 is 17.7 Å². The molecule has 4 rings (SSSR count). The van der Waals surface area contributed by atoms with Crippen LogP contribution in [0.3, 0.4) is 0 Å². The minimum absolute atomic E-state index is 0.00445. The van der Waals surface area contributed by atoms with Crippen LogP contribution in [0.2, 0.25) is 0 Å². The van der Waals surface area contributed by atoms with E-state index in [0.717, 1.165) is 18.4 Å². The summed E-state index contributed by atoms with van der Waals surface area (Å²) in [7, 11) is 0. The monoisotopic (exact) mass is 385 g/mol. The van der Waals surface area contributed by atoms with Crippen LogP contribution < -0.4 is 4.74 Å². The van der Waals surface area contributed by atoms with Crippen molar-refractivity contribution in [1.29, 1.82) is 0 Å². The molecule has 1 aromatic rings. The number of carbonyl (C=O) groups is 3. The number of nitrogens with zero attached hydrogens (tertiary/aromatic N) is 3. The van der Waals surface area contributed by atoms with Gasteiger partial charge in [-0.25, -0.2) is 0 Å². The van der Waals surface area contributed by atoms with Gasteiger partial charge < -0.3 is 19.4 Å². The molecule has 1 aromatic carbocycles. The van der Waals surface area contributed by atoms with E-state index in [9.17, 15) is 14.4 Å². The Morgan fingerprint density at radius 3 is 2.32 bits per heavy atom. The highest BCUT2D eigenvalue weighted by molar-refractivity contribution is 5.89. The van der Waals surface area contributed by atoms with E-state index in [1.54, 1.807) is 9.80 Å².